The first-order valence-electron chi connectivity index (χ1n) is 5.65. The largest absolute Gasteiger partial charge is 0.480 e. The predicted molar refractivity (Wildman–Crippen MR) is 63.2 cm³/mol. The van der Waals surface area contributed by atoms with Gasteiger partial charge in [-0.25, -0.2) is 9.97 Å². The Labute approximate surface area is 100 Å². The zero-order chi connectivity index (χ0) is 12.5. The maximum absolute atomic E-state index is 10.4. The highest BCUT2D eigenvalue weighted by Gasteiger charge is 2.09. The van der Waals surface area contributed by atoms with E-state index in [0.29, 0.717) is 13.0 Å². The molecule has 0 saturated carbocycles. The van der Waals surface area contributed by atoms with Gasteiger partial charge in [0.05, 0.1) is 6.54 Å². The maximum atomic E-state index is 10.4. The van der Waals surface area contributed by atoms with E-state index in [2.05, 4.69) is 15.3 Å². The standard InChI is InChI=1S/C11H18N4O2/c12-9(11(16)17)4-1-2-5-13-8-10-14-6-3-7-15-10/h3,6-7,9,13H,1-2,4-5,8,12H2,(H,16,17). The number of carboxylic acids is 1. The summed E-state index contributed by atoms with van der Waals surface area (Å²) in [5.74, 6) is -0.176. The first-order valence-corrected chi connectivity index (χ1v) is 5.65. The van der Waals surface area contributed by atoms with E-state index in [4.69, 9.17) is 10.8 Å². The van der Waals surface area contributed by atoms with Gasteiger partial charge in [0, 0.05) is 12.4 Å². The minimum atomic E-state index is -0.935. The molecule has 1 atom stereocenters. The molecule has 0 saturated heterocycles. The van der Waals surface area contributed by atoms with Crippen LogP contribution < -0.4 is 11.1 Å². The summed E-state index contributed by atoms with van der Waals surface area (Å²) in [5.41, 5.74) is 5.38. The molecule has 0 radical (unpaired) electrons. The molecule has 6 nitrogen and oxygen atoms in total. The summed E-state index contributed by atoms with van der Waals surface area (Å²) in [5, 5.41) is 11.8. The normalized spacial score (nSPS) is 12.3. The van der Waals surface area contributed by atoms with E-state index < -0.39 is 12.0 Å². The second-order valence-corrected chi connectivity index (χ2v) is 3.78. The molecule has 1 aromatic heterocycles. The molecule has 6 heteroatoms. The van der Waals surface area contributed by atoms with E-state index in [1.165, 1.54) is 0 Å². The molecule has 0 fully saturated rings. The van der Waals surface area contributed by atoms with Gasteiger partial charge in [-0.15, -0.1) is 0 Å². The van der Waals surface area contributed by atoms with E-state index in [1.54, 1.807) is 18.5 Å². The molecule has 1 aromatic rings. The molecule has 0 aliphatic rings. The fraction of sp³-hybridized carbons (Fsp3) is 0.545. The monoisotopic (exact) mass is 238 g/mol. The van der Waals surface area contributed by atoms with Crippen LogP contribution in [0.3, 0.4) is 0 Å². The van der Waals surface area contributed by atoms with E-state index >= 15 is 0 Å². The Morgan fingerprint density at radius 1 is 1.41 bits per heavy atom. The fourth-order valence-corrected chi connectivity index (χ4v) is 1.36. The van der Waals surface area contributed by atoms with Crippen LogP contribution >= 0.6 is 0 Å². The summed E-state index contributed by atoms with van der Waals surface area (Å²) in [4.78, 5) is 18.6. The molecule has 1 rings (SSSR count). The van der Waals surface area contributed by atoms with Gasteiger partial charge in [-0.1, -0.05) is 6.42 Å². The van der Waals surface area contributed by atoms with Crippen molar-refractivity contribution >= 4 is 5.97 Å². The van der Waals surface area contributed by atoms with Crippen LogP contribution in [0.2, 0.25) is 0 Å². The average Bonchev–Trinajstić information content (AvgIpc) is 2.34. The SMILES string of the molecule is NC(CCCCNCc1ncccn1)C(=O)O. The molecule has 4 N–H and O–H groups in total. The Kier molecular flexibility index (Phi) is 6.13. The summed E-state index contributed by atoms with van der Waals surface area (Å²) in [6, 6.07) is 1.03. The highest BCUT2D eigenvalue weighted by atomic mass is 16.4. The number of hydrogen-bond acceptors (Lipinski definition) is 5. The Balaban J connectivity index is 2.00. The van der Waals surface area contributed by atoms with E-state index in [-0.39, 0.29) is 0 Å². The van der Waals surface area contributed by atoms with Crippen LogP contribution in [0.4, 0.5) is 0 Å². The molecular formula is C11H18N4O2. The van der Waals surface area contributed by atoms with Crippen molar-refractivity contribution in [2.45, 2.75) is 31.8 Å². The summed E-state index contributed by atoms with van der Waals surface area (Å²) in [6.07, 6.45) is 5.62. The zero-order valence-corrected chi connectivity index (χ0v) is 9.67. The molecule has 1 heterocycles. The van der Waals surface area contributed by atoms with Crippen molar-refractivity contribution < 1.29 is 9.90 Å². The lowest BCUT2D eigenvalue weighted by atomic mass is 10.1. The lowest BCUT2D eigenvalue weighted by Gasteiger charge is -2.06. The van der Waals surface area contributed by atoms with Gasteiger partial charge in [0.25, 0.3) is 0 Å². The lowest BCUT2D eigenvalue weighted by molar-refractivity contribution is -0.138. The van der Waals surface area contributed by atoms with Crippen LogP contribution in [-0.4, -0.2) is 33.6 Å². The summed E-state index contributed by atoms with van der Waals surface area (Å²) >= 11 is 0. The van der Waals surface area contributed by atoms with Gasteiger partial charge in [0.2, 0.25) is 0 Å². The van der Waals surface area contributed by atoms with Crippen molar-refractivity contribution in [2.75, 3.05) is 6.54 Å². The van der Waals surface area contributed by atoms with Crippen molar-refractivity contribution in [3.05, 3.63) is 24.3 Å². The molecule has 0 bridgehead atoms. The van der Waals surface area contributed by atoms with Gasteiger partial charge in [-0.2, -0.15) is 0 Å². The summed E-state index contributed by atoms with van der Waals surface area (Å²) < 4.78 is 0. The van der Waals surface area contributed by atoms with Gasteiger partial charge in [-0.3, -0.25) is 4.79 Å². The number of nitrogens with zero attached hydrogens (tertiary/aromatic N) is 2. The highest BCUT2D eigenvalue weighted by Crippen LogP contribution is 1.98. The van der Waals surface area contributed by atoms with Crippen molar-refractivity contribution in [1.29, 1.82) is 0 Å². The van der Waals surface area contributed by atoms with Gasteiger partial charge in [0.1, 0.15) is 11.9 Å². The van der Waals surface area contributed by atoms with Crippen molar-refractivity contribution in [3.63, 3.8) is 0 Å². The number of aliphatic carboxylic acids is 1. The number of aromatic nitrogens is 2. The number of hydrogen-bond donors (Lipinski definition) is 3. The third-order valence-corrected chi connectivity index (χ3v) is 2.34. The first-order chi connectivity index (χ1) is 8.20. The zero-order valence-electron chi connectivity index (χ0n) is 9.67. The molecule has 0 aliphatic heterocycles. The van der Waals surface area contributed by atoms with Crippen molar-refractivity contribution in [2.24, 2.45) is 5.73 Å². The maximum Gasteiger partial charge on any atom is 0.320 e. The lowest BCUT2D eigenvalue weighted by Crippen LogP contribution is -2.30. The Hall–Kier alpha value is -1.53. The molecule has 1 unspecified atom stereocenters. The smallest absolute Gasteiger partial charge is 0.320 e. The molecule has 17 heavy (non-hydrogen) atoms. The average molecular weight is 238 g/mol. The third kappa shape index (κ3) is 5.94. The molecule has 0 amide bonds. The first kappa shape index (κ1) is 13.5. The summed E-state index contributed by atoms with van der Waals surface area (Å²) in [6.45, 7) is 1.44. The second kappa shape index (κ2) is 7.70. The van der Waals surface area contributed by atoms with Crippen LogP contribution in [-0.2, 0) is 11.3 Å². The van der Waals surface area contributed by atoms with Gasteiger partial charge < -0.3 is 16.2 Å². The van der Waals surface area contributed by atoms with Crippen LogP contribution in [0.1, 0.15) is 25.1 Å². The van der Waals surface area contributed by atoms with E-state index in [0.717, 1.165) is 25.2 Å². The Morgan fingerprint density at radius 2 is 2.12 bits per heavy atom. The van der Waals surface area contributed by atoms with Crippen LogP contribution in [0.25, 0.3) is 0 Å². The van der Waals surface area contributed by atoms with Crippen molar-refractivity contribution in [3.8, 4) is 0 Å². The fourth-order valence-electron chi connectivity index (χ4n) is 1.36. The molecule has 94 valence electrons. The summed E-state index contributed by atoms with van der Waals surface area (Å²) in [7, 11) is 0. The van der Waals surface area contributed by atoms with E-state index in [1.807, 2.05) is 0 Å². The minimum Gasteiger partial charge on any atom is -0.480 e. The van der Waals surface area contributed by atoms with Crippen LogP contribution in [0.15, 0.2) is 18.5 Å². The van der Waals surface area contributed by atoms with Crippen molar-refractivity contribution in [1.82, 2.24) is 15.3 Å². The molecular weight excluding hydrogens is 220 g/mol. The Morgan fingerprint density at radius 3 is 2.76 bits per heavy atom. The van der Waals surface area contributed by atoms with Gasteiger partial charge in [-0.05, 0) is 25.5 Å². The third-order valence-electron chi connectivity index (χ3n) is 2.34. The second-order valence-electron chi connectivity index (χ2n) is 3.78. The topological polar surface area (TPSA) is 101 Å². The van der Waals surface area contributed by atoms with Gasteiger partial charge >= 0.3 is 5.97 Å². The number of rotatable bonds is 8. The predicted octanol–water partition coefficient (Wildman–Crippen LogP) is 0.148. The van der Waals surface area contributed by atoms with E-state index in [9.17, 15) is 4.79 Å². The van der Waals surface area contributed by atoms with Gasteiger partial charge in [0.15, 0.2) is 0 Å². The molecule has 0 aromatic carbocycles. The minimum absolute atomic E-state index is 0.513. The molecule has 0 aliphatic carbocycles. The number of carbonyl (C=O) groups is 1. The molecule has 0 spiro atoms. The quantitative estimate of drug-likeness (QED) is 0.557. The number of nitrogens with two attached hydrogens (primary N) is 1. The number of carboxylic acid groups (broad SMARTS) is 1. The van der Waals surface area contributed by atoms with Crippen LogP contribution in [0.5, 0.6) is 0 Å². The number of nitrogens with one attached hydrogen (secondary N) is 1. The number of unbranched alkanes of at least 4 members (excludes halogenated alkanes) is 1. The van der Waals surface area contributed by atoms with Crippen LogP contribution in [0, 0.1) is 0 Å². The Bertz CT molecular complexity index is 332. The highest BCUT2D eigenvalue weighted by molar-refractivity contribution is 5.72.